The third-order valence-electron chi connectivity index (χ3n) is 4.05. The first-order valence-corrected chi connectivity index (χ1v) is 7.42. The molecule has 0 spiro atoms. The van der Waals surface area contributed by atoms with E-state index < -0.39 is 11.2 Å². The minimum Gasteiger partial charge on any atom is -0.383 e. The van der Waals surface area contributed by atoms with Crippen LogP contribution in [0, 0.1) is 5.92 Å². The number of aromatic amines is 1. The summed E-state index contributed by atoms with van der Waals surface area (Å²) in [6.45, 7) is 4.73. The third-order valence-corrected chi connectivity index (χ3v) is 4.05. The van der Waals surface area contributed by atoms with E-state index in [0.717, 1.165) is 38.0 Å². The zero-order chi connectivity index (χ0) is 14.7. The standard InChI is InChI=1S/C14H24N4O2/c1-3-8-18-12(15)11(13(19)17-14(18)20)16-10-6-4-9(2)5-7-10/h9-10,16H,3-8,15H2,1-2H3,(H,17,19,20). The van der Waals surface area contributed by atoms with Crippen LogP contribution in [0.4, 0.5) is 11.5 Å². The topological polar surface area (TPSA) is 92.9 Å². The summed E-state index contributed by atoms with van der Waals surface area (Å²) < 4.78 is 1.43. The summed E-state index contributed by atoms with van der Waals surface area (Å²) in [6.07, 6.45) is 5.17. The number of rotatable bonds is 4. The van der Waals surface area contributed by atoms with Crippen LogP contribution in [0.1, 0.15) is 46.0 Å². The lowest BCUT2D eigenvalue weighted by Gasteiger charge is -2.28. The van der Waals surface area contributed by atoms with Crippen LogP contribution >= 0.6 is 0 Å². The first-order chi connectivity index (χ1) is 9.52. The highest BCUT2D eigenvalue weighted by molar-refractivity contribution is 5.60. The first-order valence-electron chi connectivity index (χ1n) is 7.42. The normalized spacial score (nSPS) is 22.7. The van der Waals surface area contributed by atoms with E-state index in [2.05, 4.69) is 17.2 Å². The van der Waals surface area contributed by atoms with Gasteiger partial charge in [0.2, 0.25) is 0 Å². The monoisotopic (exact) mass is 280 g/mol. The number of nitrogen functional groups attached to an aromatic ring is 1. The molecule has 0 unspecified atom stereocenters. The summed E-state index contributed by atoms with van der Waals surface area (Å²) in [7, 11) is 0. The molecule has 0 aromatic carbocycles. The molecule has 0 saturated heterocycles. The van der Waals surface area contributed by atoms with Crippen LogP contribution < -0.4 is 22.3 Å². The zero-order valence-electron chi connectivity index (χ0n) is 12.2. The van der Waals surface area contributed by atoms with Crippen molar-refractivity contribution in [2.24, 2.45) is 5.92 Å². The fourth-order valence-electron chi connectivity index (χ4n) is 2.78. The second kappa shape index (κ2) is 6.15. The Labute approximate surface area is 118 Å². The van der Waals surface area contributed by atoms with Gasteiger partial charge in [-0.15, -0.1) is 0 Å². The molecule has 0 aliphatic heterocycles. The molecule has 0 atom stereocenters. The van der Waals surface area contributed by atoms with Crippen molar-refractivity contribution in [1.29, 1.82) is 0 Å². The van der Waals surface area contributed by atoms with Crippen molar-refractivity contribution >= 4 is 11.5 Å². The smallest absolute Gasteiger partial charge is 0.330 e. The summed E-state index contributed by atoms with van der Waals surface area (Å²) >= 11 is 0. The number of hydrogen-bond donors (Lipinski definition) is 3. The highest BCUT2D eigenvalue weighted by Crippen LogP contribution is 2.26. The average Bonchev–Trinajstić information content (AvgIpc) is 2.41. The lowest BCUT2D eigenvalue weighted by atomic mass is 9.87. The van der Waals surface area contributed by atoms with Gasteiger partial charge in [-0.2, -0.15) is 0 Å². The zero-order valence-corrected chi connectivity index (χ0v) is 12.2. The van der Waals surface area contributed by atoms with Crippen molar-refractivity contribution in [3.63, 3.8) is 0 Å². The highest BCUT2D eigenvalue weighted by atomic mass is 16.2. The molecule has 1 aromatic heterocycles. The van der Waals surface area contributed by atoms with Crippen LogP contribution in [-0.4, -0.2) is 15.6 Å². The first kappa shape index (κ1) is 14.7. The van der Waals surface area contributed by atoms with E-state index in [1.807, 2.05) is 6.92 Å². The molecule has 0 radical (unpaired) electrons. The Morgan fingerprint density at radius 3 is 2.55 bits per heavy atom. The molecule has 1 saturated carbocycles. The summed E-state index contributed by atoms with van der Waals surface area (Å²) in [4.78, 5) is 26.0. The van der Waals surface area contributed by atoms with Crippen LogP contribution in [-0.2, 0) is 6.54 Å². The van der Waals surface area contributed by atoms with Crippen molar-refractivity contribution in [1.82, 2.24) is 9.55 Å². The Balaban J connectivity index is 2.25. The predicted octanol–water partition coefficient (Wildman–Crippen LogP) is 1.52. The van der Waals surface area contributed by atoms with Crippen molar-refractivity contribution in [2.75, 3.05) is 11.1 Å². The fraction of sp³-hybridized carbons (Fsp3) is 0.714. The van der Waals surface area contributed by atoms with E-state index in [1.54, 1.807) is 0 Å². The number of hydrogen-bond acceptors (Lipinski definition) is 4. The van der Waals surface area contributed by atoms with E-state index >= 15 is 0 Å². The van der Waals surface area contributed by atoms with Gasteiger partial charge >= 0.3 is 5.69 Å². The van der Waals surface area contributed by atoms with Gasteiger partial charge in [-0.25, -0.2) is 4.79 Å². The maximum Gasteiger partial charge on any atom is 0.330 e. The van der Waals surface area contributed by atoms with Gasteiger partial charge < -0.3 is 11.1 Å². The third kappa shape index (κ3) is 3.05. The highest BCUT2D eigenvalue weighted by Gasteiger charge is 2.21. The summed E-state index contributed by atoms with van der Waals surface area (Å²) in [5.74, 6) is 0.997. The minimum absolute atomic E-state index is 0.249. The average molecular weight is 280 g/mol. The van der Waals surface area contributed by atoms with Crippen LogP contribution in [0.15, 0.2) is 9.59 Å². The molecule has 112 valence electrons. The molecule has 2 rings (SSSR count). The van der Waals surface area contributed by atoms with Crippen molar-refractivity contribution in [2.45, 2.75) is 58.5 Å². The van der Waals surface area contributed by atoms with Crippen molar-refractivity contribution < 1.29 is 0 Å². The quantitative estimate of drug-likeness (QED) is 0.779. The Kier molecular flexibility index (Phi) is 4.52. The second-order valence-electron chi connectivity index (χ2n) is 5.77. The van der Waals surface area contributed by atoms with Crippen molar-refractivity contribution in [3.8, 4) is 0 Å². The number of anilines is 2. The number of H-pyrrole nitrogens is 1. The van der Waals surface area contributed by atoms with Gasteiger partial charge in [0.1, 0.15) is 11.5 Å². The lowest BCUT2D eigenvalue weighted by Crippen LogP contribution is -2.36. The molecule has 1 fully saturated rings. The van der Waals surface area contributed by atoms with Gasteiger partial charge in [0, 0.05) is 12.6 Å². The van der Waals surface area contributed by atoms with Gasteiger partial charge in [0.15, 0.2) is 0 Å². The molecule has 1 aromatic rings. The predicted molar refractivity (Wildman–Crippen MR) is 81.1 cm³/mol. The minimum atomic E-state index is -0.433. The van der Waals surface area contributed by atoms with Gasteiger partial charge in [-0.1, -0.05) is 13.8 Å². The van der Waals surface area contributed by atoms with Gasteiger partial charge in [-0.3, -0.25) is 14.3 Å². The van der Waals surface area contributed by atoms with E-state index in [9.17, 15) is 9.59 Å². The van der Waals surface area contributed by atoms with Gasteiger partial charge in [0.25, 0.3) is 5.56 Å². The SMILES string of the molecule is CCCn1c(N)c(NC2CCC(C)CC2)c(=O)[nH]c1=O. The number of aromatic nitrogens is 2. The molecule has 20 heavy (non-hydrogen) atoms. The Morgan fingerprint density at radius 1 is 1.30 bits per heavy atom. The maximum atomic E-state index is 11.9. The molecule has 1 heterocycles. The number of nitrogens with one attached hydrogen (secondary N) is 2. The largest absolute Gasteiger partial charge is 0.383 e. The summed E-state index contributed by atoms with van der Waals surface area (Å²) in [6, 6.07) is 0.266. The second-order valence-corrected chi connectivity index (χ2v) is 5.77. The molecule has 0 amide bonds. The number of nitrogens with zero attached hydrogens (tertiary/aromatic N) is 1. The summed E-state index contributed by atoms with van der Waals surface area (Å²) in [5, 5.41) is 3.24. The molecule has 0 bridgehead atoms. The maximum absolute atomic E-state index is 11.9. The van der Waals surface area contributed by atoms with Crippen LogP contribution in [0.2, 0.25) is 0 Å². The Morgan fingerprint density at radius 2 is 1.95 bits per heavy atom. The molecule has 6 heteroatoms. The van der Waals surface area contributed by atoms with E-state index in [-0.39, 0.29) is 11.9 Å². The van der Waals surface area contributed by atoms with Gasteiger partial charge in [0.05, 0.1) is 0 Å². The van der Waals surface area contributed by atoms with Crippen LogP contribution in [0.25, 0.3) is 0 Å². The molecule has 4 N–H and O–H groups in total. The van der Waals surface area contributed by atoms with Crippen LogP contribution in [0.3, 0.4) is 0 Å². The van der Waals surface area contributed by atoms with Crippen molar-refractivity contribution in [3.05, 3.63) is 20.8 Å². The lowest BCUT2D eigenvalue weighted by molar-refractivity contribution is 0.361. The van der Waals surface area contributed by atoms with E-state index in [1.165, 1.54) is 4.57 Å². The van der Waals surface area contributed by atoms with E-state index in [0.29, 0.717) is 12.2 Å². The Bertz CT molecular complexity index is 568. The van der Waals surface area contributed by atoms with E-state index in [4.69, 9.17) is 5.73 Å². The molecule has 6 nitrogen and oxygen atoms in total. The molecule has 1 aliphatic rings. The molecular formula is C14H24N4O2. The van der Waals surface area contributed by atoms with Crippen LogP contribution in [0.5, 0.6) is 0 Å². The Hall–Kier alpha value is -1.72. The fourth-order valence-corrected chi connectivity index (χ4v) is 2.78. The van der Waals surface area contributed by atoms with Gasteiger partial charge in [-0.05, 0) is 38.0 Å². The summed E-state index contributed by atoms with van der Waals surface area (Å²) in [5.41, 5.74) is 5.49. The number of nitrogens with two attached hydrogens (primary N) is 1. The molecular weight excluding hydrogens is 256 g/mol. The molecule has 1 aliphatic carbocycles.